The van der Waals surface area contributed by atoms with Crippen LogP contribution in [0, 0.1) is 5.92 Å². The van der Waals surface area contributed by atoms with Crippen LogP contribution in [0.25, 0.3) is 0 Å². The van der Waals surface area contributed by atoms with Gasteiger partial charge in [-0.25, -0.2) is 0 Å². The summed E-state index contributed by atoms with van der Waals surface area (Å²) in [5.74, 6) is 0.215. The van der Waals surface area contributed by atoms with Gasteiger partial charge in [0, 0.05) is 20.1 Å². The van der Waals surface area contributed by atoms with Crippen molar-refractivity contribution in [1.82, 2.24) is 10.2 Å². The van der Waals surface area contributed by atoms with Crippen molar-refractivity contribution in [2.24, 2.45) is 5.92 Å². The molecule has 112 valence electrons. The number of hydrogen-bond donors (Lipinski definition) is 1. The number of ether oxygens (including phenoxy) is 2. The molecule has 20 heavy (non-hydrogen) atoms. The van der Waals surface area contributed by atoms with Crippen LogP contribution in [0.2, 0.25) is 0 Å². The van der Waals surface area contributed by atoms with Gasteiger partial charge in [0.25, 0.3) is 0 Å². The number of carbonyl (C=O) groups excluding carboxylic acids is 2. The van der Waals surface area contributed by atoms with E-state index in [9.17, 15) is 9.59 Å². The molecule has 2 amide bonds. The van der Waals surface area contributed by atoms with Crippen molar-refractivity contribution < 1.29 is 19.1 Å². The minimum Gasteiger partial charge on any atom is -0.378 e. The van der Waals surface area contributed by atoms with Gasteiger partial charge in [-0.15, -0.1) is 0 Å². The predicted molar refractivity (Wildman–Crippen MR) is 71.0 cm³/mol. The van der Waals surface area contributed by atoms with Crippen molar-refractivity contribution in [1.29, 1.82) is 0 Å². The van der Waals surface area contributed by atoms with Crippen LogP contribution in [0.4, 0.5) is 0 Å². The number of rotatable bonds is 4. The Labute approximate surface area is 118 Å². The first-order valence-electron chi connectivity index (χ1n) is 7.22. The smallest absolute Gasteiger partial charge is 0.248 e. The summed E-state index contributed by atoms with van der Waals surface area (Å²) in [5.41, 5.74) is -1.19. The van der Waals surface area contributed by atoms with Crippen LogP contribution in [0.5, 0.6) is 0 Å². The Bertz CT molecular complexity index is 429. The van der Waals surface area contributed by atoms with Gasteiger partial charge in [-0.3, -0.25) is 9.59 Å². The molecule has 2 heterocycles. The van der Waals surface area contributed by atoms with E-state index in [2.05, 4.69) is 5.32 Å². The summed E-state index contributed by atoms with van der Waals surface area (Å²) >= 11 is 0. The average molecular weight is 282 g/mol. The summed E-state index contributed by atoms with van der Waals surface area (Å²) in [7, 11) is 1.64. The summed E-state index contributed by atoms with van der Waals surface area (Å²) in [6.07, 6.45) is 2.78. The van der Waals surface area contributed by atoms with Gasteiger partial charge in [0.1, 0.15) is 11.1 Å². The van der Waals surface area contributed by atoms with Gasteiger partial charge >= 0.3 is 0 Å². The summed E-state index contributed by atoms with van der Waals surface area (Å²) in [4.78, 5) is 26.3. The highest BCUT2D eigenvalue weighted by atomic mass is 16.5. The standard InChI is InChI=1S/C14H22N2O4/c1-13(10-3-4-10)12(18)16(7-11(17)15-13)8-14(19-2)5-6-20-9-14/h10H,3-9H2,1-2H3,(H,15,17). The second-order valence-corrected chi connectivity index (χ2v) is 6.38. The van der Waals surface area contributed by atoms with Crippen LogP contribution in [-0.4, -0.2) is 61.3 Å². The zero-order chi connectivity index (χ0) is 14.4. The molecule has 2 unspecified atom stereocenters. The van der Waals surface area contributed by atoms with E-state index in [4.69, 9.17) is 9.47 Å². The highest BCUT2D eigenvalue weighted by molar-refractivity contribution is 5.98. The molecule has 2 saturated heterocycles. The molecule has 0 aromatic carbocycles. The van der Waals surface area contributed by atoms with Gasteiger partial charge in [-0.2, -0.15) is 0 Å². The van der Waals surface area contributed by atoms with Crippen molar-refractivity contribution in [2.75, 3.05) is 33.4 Å². The molecule has 6 nitrogen and oxygen atoms in total. The van der Waals surface area contributed by atoms with Crippen molar-refractivity contribution >= 4 is 11.8 Å². The summed E-state index contributed by atoms with van der Waals surface area (Å²) in [6.45, 7) is 3.52. The number of nitrogens with zero attached hydrogens (tertiary/aromatic N) is 1. The number of methoxy groups -OCH3 is 1. The molecule has 2 atom stereocenters. The summed E-state index contributed by atoms with van der Waals surface area (Å²) in [6, 6.07) is 0. The van der Waals surface area contributed by atoms with Crippen molar-refractivity contribution in [2.45, 2.75) is 37.3 Å². The Morgan fingerprint density at radius 1 is 1.45 bits per heavy atom. The van der Waals surface area contributed by atoms with E-state index >= 15 is 0 Å². The maximum Gasteiger partial charge on any atom is 0.248 e. The van der Waals surface area contributed by atoms with Crippen LogP contribution < -0.4 is 5.32 Å². The van der Waals surface area contributed by atoms with Crippen LogP contribution in [0.15, 0.2) is 0 Å². The minimum absolute atomic E-state index is 0.0166. The third kappa shape index (κ3) is 2.20. The van der Waals surface area contributed by atoms with Crippen LogP contribution >= 0.6 is 0 Å². The van der Waals surface area contributed by atoms with E-state index in [1.54, 1.807) is 12.0 Å². The first kappa shape index (κ1) is 13.8. The zero-order valence-electron chi connectivity index (χ0n) is 12.1. The predicted octanol–water partition coefficient (Wildman–Crippen LogP) is -0.0810. The van der Waals surface area contributed by atoms with E-state index in [1.807, 2.05) is 6.92 Å². The summed E-state index contributed by atoms with van der Waals surface area (Å²) in [5, 5.41) is 2.89. The van der Waals surface area contributed by atoms with E-state index in [0.717, 1.165) is 19.3 Å². The van der Waals surface area contributed by atoms with Crippen LogP contribution in [0.3, 0.4) is 0 Å². The van der Waals surface area contributed by atoms with Crippen molar-refractivity contribution in [3.63, 3.8) is 0 Å². The molecule has 1 aliphatic carbocycles. The average Bonchev–Trinajstić information content (AvgIpc) is 3.17. The topological polar surface area (TPSA) is 67.9 Å². The lowest BCUT2D eigenvalue weighted by atomic mass is 9.90. The number of hydrogen-bond acceptors (Lipinski definition) is 4. The molecule has 3 aliphatic rings. The fourth-order valence-electron chi connectivity index (χ4n) is 3.31. The first-order chi connectivity index (χ1) is 9.49. The fourth-order valence-corrected chi connectivity index (χ4v) is 3.31. The third-order valence-electron chi connectivity index (χ3n) is 4.84. The summed E-state index contributed by atoms with van der Waals surface area (Å²) < 4.78 is 11.0. The van der Waals surface area contributed by atoms with Gasteiger partial charge in [-0.05, 0) is 25.7 Å². The monoisotopic (exact) mass is 282 g/mol. The molecule has 1 saturated carbocycles. The molecule has 0 spiro atoms. The number of piperazine rings is 1. The van der Waals surface area contributed by atoms with E-state index in [-0.39, 0.29) is 24.3 Å². The molecule has 0 aromatic rings. The van der Waals surface area contributed by atoms with Crippen LogP contribution in [0.1, 0.15) is 26.2 Å². The molecule has 6 heteroatoms. The minimum atomic E-state index is -0.732. The van der Waals surface area contributed by atoms with E-state index in [0.29, 0.717) is 19.8 Å². The quantitative estimate of drug-likeness (QED) is 0.783. The molecule has 2 aliphatic heterocycles. The molecule has 0 bridgehead atoms. The highest BCUT2D eigenvalue weighted by Gasteiger charge is 2.53. The lowest BCUT2D eigenvalue weighted by Crippen LogP contribution is -2.68. The number of nitrogens with one attached hydrogen (secondary N) is 1. The maximum atomic E-state index is 12.7. The molecule has 1 N–H and O–H groups in total. The largest absolute Gasteiger partial charge is 0.378 e. The molecular formula is C14H22N2O4. The molecule has 0 radical (unpaired) electrons. The maximum absolute atomic E-state index is 12.7. The van der Waals surface area contributed by atoms with Gasteiger partial charge in [-0.1, -0.05) is 0 Å². The molecule has 3 fully saturated rings. The lowest BCUT2D eigenvalue weighted by Gasteiger charge is -2.43. The number of amides is 2. The Hall–Kier alpha value is -1.14. The number of carbonyl (C=O) groups is 2. The van der Waals surface area contributed by atoms with Crippen molar-refractivity contribution in [3.8, 4) is 0 Å². The SMILES string of the molecule is COC1(CN2CC(=O)NC(C)(C3CC3)C2=O)CCOC1. The molecule has 3 rings (SSSR count). The first-order valence-corrected chi connectivity index (χ1v) is 7.22. The molecular weight excluding hydrogens is 260 g/mol. The van der Waals surface area contributed by atoms with Gasteiger partial charge < -0.3 is 19.7 Å². The zero-order valence-corrected chi connectivity index (χ0v) is 12.1. The Morgan fingerprint density at radius 3 is 2.75 bits per heavy atom. The second-order valence-electron chi connectivity index (χ2n) is 6.38. The van der Waals surface area contributed by atoms with E-state index in [1.165, 1.54) is 0 Å². The van der Waals surface area contributed by atoms with Crippen LogP contribution in [-0.2, 0) is 19.1 Å². The normalized spacial score (nSPS) is 38.2. The molecule has 0 aromatic heterocycles. The van der Waals surface area contributed by atoms with Gasteiger partial charge in [0.15, 0.2) is 0 Å². The highest BCUT2D eigenvalue weighted by Crippen LogP contribution is 2.42. The van der Waals surface area contributed by atoms with Gasteiger partial charge in [0.2, 0.25) is 11.8 Å². The fraction of sp³-hybridized carbons (Fsp3) is 0.857. The Kier molecular flexibility index (Phi) is 3.25. The van der Waals surface area contributed by atoms with Crippen molar-refractivity contribution in [3.05, 3.63) is 0 Å². The van der Waals surface area contributed by atoms with E-state index < -0.39 is 11.1 Å². The lowest BCUT2D eigenvalue weighted by molar-refractivity contribution is -0.154. The second kappa shape index (κ2) is 4.70. The Morgan fingerprint density at radius 2 is 2.20 bits per heavy atom. The third-order valence-corrected chi connectivity index (χ3v) is 4.84. The van der Waals surface area contributed by atoms with Gasteiger partial charge in [0.05, 0.1) is 19.7 Å². The Balaban J connectivity index is 1.78.